The summed E-state index contributed by atoms with van der Waals surface area (Å²) < 4.78 is 5.33. The first-order chi connectivity index (χ1) is 11.0. The normalized spacial score (nSPS) is 11.8. The van der Waals surface area contributed by atoms with E-state index >= 15 is 0 Å². The van der Waals surface area contributed by atoms with E-state index in [4.69, 9.17) is 4.74 Å². The Morgan fingerprint density at radius 1 is 1.43 bits per heavy atom. The Morgan fingerprint density at radius 2 is 2.17 bits per heavy atom. The molecule has 2 rings (SSSR count). The van der Waals surface area contributed by atoms with Gasteiger partial charge in [0.15, 0.2) is 0 Å². The number of ether oxygens (including phenoxy) is 1. The maximum atomic E-state index is 10.5. The molecule has 0 aliphatic rings. The molecule has 0 atom stereocenters. The number of allylic oxidation sites excluding steroid dienone is 1. The number of rotatable bonds is 6. The van der Waals surface area contributed by atoms with Crippen LogP contribution in [-0.2, 0) is 6.42 Å². The summed E-state index contributed by atoms with van der Waals surface area (Å²) >= 11 is 1.63. The van der Waals surface area contributed by atoms with Crippen LogP contribution in [0, 0.1) is 6.92 Å². The highest BCUT2D eigenvalue weighted by molar-refractivity contribution is 7.09. The van der Waals surface area contributed by atoms with Crippen LogP contribution in [-0.4, -0.2) is 24.2 Å². The van der Waals surface area contributed by atoms with Crippen LogP contribution in [0.4, 0.5) is 5.69 Å². The molecule has 2 aromatic rings. The molecule has 0 fully saturated rings. The minimum atomic E-state index is 0.251. The van der Waals surface area contributed by atoms with Crippen LogP contribution in [0.1, 0.15) is 41.6 Å². The van der Waals surface area contributed by atoms with Crippen LogP contribution >= 0.6 is 11.3 Å². The van der Waals surface area contributed by atoms with Gasteiger partial charge >= 0.3 is 0 Å². The molecular formula is C18H24N2O2S. The molecule has 0 radical (unpaired) electrons. The Hall–Kier alpha value is -2.01. The van der Waals surface area contributed by atoms with Gasteiger partial charge in [0.1, 0.15) is 11.5 Å². The molecule has 0 saturated carbocycles. The summed E-state index contributed by atoms with van der Waals surface area (Å²) in [6.45, 7) is 6.23. The molecule has 0 unspecified atom stereocenters. The number of aliphatic hydroxyl groups excluding tert-OH is 1. The summed E-state index contributed by atoms with van der Waals surface area (Å²) in [5.41, 5.74) is 3.73. The van der Waals surface area contributed by atoms with Gasteiger partial charge in [-0.3, -0.25) is 0 Å². The predicted molar refractivity (Wildman–Crippen MR) is 97.8 cm³/mol. The van der Waals surface area contributed by atoms with Gasteiger partial charge in [-0.2, -0.15) is 0 Å². The van der Waals surface area contributed by atoms with Gasteiger partial charge in [-0.1, -0.05) is 13.8 Å². The van der Waals surface area contributed by atoms with Crippen LogP contribution in [0.25, 0.3) is 5.76 Å². The van der Waals surface area contributed by atoms with E-state index in [2.05, 4.69) is 29.5 Å². The summed E-state index contributed by atoms with van der Waals surface area (Å²) in [6, 6.07) is 3.74. The summed E-state index contributed by atoms with van der Waals surface area (Å²) in [7, 11) is 3.49. The van der Waals surface area contributed by atoms with Crippen LogP contribution < -0.4 is 10.1 Å². The number of nitrogens with zero attached hydrogens (tertiary/aromatic N) is 1. The molecule has 0 aliphatic carbocycles. The van der Waals surface area contributed by atoms with Crippen molar-refractivity contribution in [3.05, 3.63) is 45.4 Å². The van der Waals surface area contributed by atoms with Gasteiger partial charge in [0, 0.05) is 30.0 Å². The van der Waals surface area contributed by atoms with Gasteiger partial charge in [-0.25, -0.2) is 4.98 Å². The molecule has 1 heterocycles. The van der Waals surface area contributed by atoms with Gasteiger partial charge in [-0.05, 0) is 31.1 Å². The fraction of sp³-hybridized carbons (Fsp3) is 0.389. The number of nitrogens with one attached hydrogen (secondary N) is 1. The van der Waals surface area contributed by atoms with E-state index in [1.54, 1.807) is 18.4 Å². The molecule has 0 saturated heterocycles. The highest BCUT2D eigenvalue weighted by Crippen LogP contribution is 2.32. The first kappa shape index (κ1) is 17.3. The van der Waals surface area contributed by atoms with Crippen molar-refractivity contribution < 1.29 is 9.84 Å². The van der Waals surface area contributed by atoms with Crippen LogP contribution in [0.15, 0.2) is 23.6 Å². The number of benzene rings is 1. The highest BCUT2D eigenvalue weighted by atomic mass is 32.1. The number of methoxy groups -OCH3 is 1. The molecule has 23 heavy (non-hydrogen) atoms. The van der Waals surface area contributed by atoms with E-state index in [1.165, 1.54) is 0 Å². The number of aromatic nitrogens is 1. The highest BCUT2D eigenvalue weighted by Gasteiger charge is 2.12. The molecule has 5 heteroatoms. The largest absolute Gasteiger partial charge is 0.508 e. The van der Waals surface area contributed by atoms with E-state index in [9.17, 15) is 5.11 Å². The Kier molecular flexibility index (Phi) is 5.66. The monoisotopic (exact) mass is 332 g/mol. The zero-order chi connectivity index (χ0) is 17.0. The summed E-state index contributed by atoms with van der Waals surface area (Å²) in [5, 5.41) is 16.7. The van der Waals surface area contributed by atoms with E-state index < -0.39 is 0 Å². The second-order valence-electron chi connectivity index (χ2n) is 5.68. The molecule has 0 spiro atoms. The molecule has 2 N–H and O–H groups in total. The lowest BCUT2D eigenvalue weighted by Gasteiger charge is -2.14. The number of thiazole rings is 1. The van der Waals surface area contributed by atoms with Crippen LogP contribution in [0.2, 0.25) is 0 Å². The van der Waals surface area contributed by atoms with E-state index in [1.807, 2.05) is 32.2 Å². The zero-order valence-electron chi connectivity index (χ0n) is 14.3. The standard InChI is InChI=1S/C18H24N2O2S/c1-11(2)14-10-23-17(20-14)9-7-15(21)13-6-8-16(22-5)12(3)18(13)19-4/h6-8,10-11,19,21H,9H2,1-5H3/b15-7+. The molecular weight excluding hydrogens is 308 g/mol. The Bertz CT molecular complexity index is 705. The van der Waals surface area contributed by atoms with Crippen molar-refractivity contribution >= 4 is 22.8 Å². The van der Waals surface area contributed by atoms with Crippen molar-refractivity contribution in [3.8, 4) is 5.75 Å². The quantitative estimate of drug-likeness (QED) is 0.748. The lowest BCUT2D eigenvalue weighted by Crippen LogP contribution is -2.00. The molecule has 1 aromatic heterocycles. The lowest BCUT2D eigenvalue weighted by molar-refractivity contribution is 0.412. The van der Waals surface area contributed by atoms with Gasteiger partial charge < -0.3 is 15.2 Å². The van der Waals surface area contributed by atoms with E-state index in [0.29, 0.717) is 12.3 Å². The molecule has 124 valence electrons. The van der Waals surface area contributed by atoms with Crippen molar-refractivity contribution in [3.63, 3.8) is 0 Å². The lowest BCUT2D eigenvalue weighted by atomic mass is 10.0. The van der Waals surface area contributed by atoms with Crippen molar-refractivity contribution in [2.45, 2.75) is 33.1 Å². The number of hydrogen-bond donors (Lipinski definition) is 2. The average Bonchev–Trinajstić information content (AvgIpc) is 3.01. The summed E-state index contributed by atoms with van der Waals surface area (Å²) in [4.78, 5) is 4.59. The van der Waals surface area contributed by atoms with Crippen molar-refractivity contribution in [1.82, 2.24) is 4.98 Å². The first-order valence-electron chi connectivity index (χ1n) is 7.67. The van der Waals surface area contributed by atoms with Crippen LogP contribution in [0.5, 0.6) is 5.75 Å². The van der Waals surface area contributed by atoms with Gasteiger partial charge in [-0.15, -0.1) is 11.3 Å². The van der Waals surface area contributed by atoms with Crippen LogP contribution in [0.3, 0.4) is 0 Å². The number of anilines is 1. The van der Waals surface area contributed by atoms with E-state index in [-0.39, 0.29) is 5.76 Å². The van der Waals surface area contributed by atoms with Crippen molar-refractivity contribution in [2.75, 3.05) is 19.5 Å². The van der Waals surface area contributed by atoms with E-state index in [0.717, 1.165) is 33.3 Å². The zero-order valence-corrected chi connectivity index (χ0v) is 15.1. The summed E-state index contributed by atoms with van der Waals surface area (Å²) in [6.07, 6.45) is 2.43. The Morgan fingerprint density at radius 3 is 2.74 bits per heavy atom. The topological polar surface area (TPSA) is 54.4 Å². The molecule has 0 bridgehead atoms. The minimum absolute atomic E-state index is 0.251. The van der Waals surface area contributed by atoms with Gasteiger partial charge in [0.25, 0.3) is 0 Å². The molecule has 0 amide bonds. The fourth-order valence-electron chi connectivity index (χ4n) is 2.43. The molecule has 0 aliphatic heterocycles. The maximum Gasteiger partial charge on any atom is 0.123 e. The fourth-order valence-corrected chi connectivity index (χ4v) is 3.35. The third kappa shape index (κ3) is 3.85. The van der Waals surface area contributed by atoms with Crippen molar-refractivity contribution in [1.29, 1.82) is 0 Å². The first-order valence-corrected chi connectivity index (χ1v) is 8.55. The maximum absolute atomic E-state index is 10.5. The number of hydrogen-bond acceptors (Lipinski definition) is 5. The van der Waals surface area contributed by atoms with Gasteiger partial charge in [0.2, 0.25) is 0 Å². The third-order valence-corrected chi connectivity index (χ3v) is 4.68. The average molecular weight is 332 g/mol. The van der Waals surface area contributed by atoms with Crippen molar-refractivity contribution in [2.24, 2.45) is 0 Å². The summed E-state index contributed by atoms with van der Waals surface area (Å²) in [5.74, 6) is 1.48. The SMILES string of the molecule is CNc1c(/C(O)=C\Cc2nc(C(C)C)cs2)ccc(OC)c1C. The second-order valence-corrected chi connectivity index (χ2v) is 6.62. The molecule has 4 nitrogen and oxygen atoms in total. The molecule has 1 aromatic carbocycles. The second kappa shape index (κ2) is 7.51. The Labute approximate surface area is 141 Å². The minimum Gasteiger partial charge on any atom is -0.508 e. The Balaban J connectivity index is 2.25. The predicted octanol–water partition coefficient (Wildman–Crippen LogP) is 4.77. The third-order valence-electron chi connectivity index (χ3n) is 3.79. The number of aliphatic hydroxyl groups is 1. The van der Waals surface area contributed by atoms with Gasteiger partial charge in [0.05, 0.1) is 23.5 Å². The smallest absolute Gasteiger partial charge is 0.123 e.